The molecule has 0 spiro atoms. The third kappa shape index (κ3) is 10.6. The average Bonchev–Trinajstić information content (AvgIpc) is 2.55. The van der Waals surface area contributed by atoms with E-state index in [4.69, 9.17) is 4.74 Å². The van der Waals surface area contributed by atoms with E-state index < -0.39 is 16.6 Å². The van der Waals surface area contributed by atoms with Gasteiger partial charge >= 0.3 is 6.09 Å². The molecule has 0 heterocycles. The molecule has 0 bridgehead atoms. The number of carbonyl (C=O) groups excluding carboxylic acids is 1. The van der Waals surface area contributed by atoms with Gasteiger partial charge < -0.3 is 20.7 Å². The van der Waals surface area contributed by atoms with Gasteiger partial charge in [0, 0.05) is 25.7 Å². The Balaban J connectivity index is 0.00000676. The Morgan fingerprint density at radius 2 is 1.81 bits per heavy atom. The van der Waals surface area contributed by atoms with Crippen molar-refractivity contribution in [2.75, 3.05) is 19.6 Å². The fraction of sp³-hybridized carbons (Fsp3) is 0.529. The number of rotatable bonds is 7. The van der Waals surface area contributed by atoms with Crippen molar-refractivity contribution in [2.24, 2.45) is 4.99 Å². The summed E-state index contributed by atoms with van der Waals surface area (Å²) in [4.78, 5) is 26.5. The standard InChI is InChI=1S/C17H27N5O4.HI/c1-5-18-15(19-10-11-20-16(23)26-17(2,3)4)21-12-13-8-6-7-9-14(13)22(24)25;/h6-9H,5,10-12H2,1-4H3,(H,20,23)(H2,18,19,21);1H. The van der Waals surface area contributed by atoms with E-state index in [1.165, 1.54) is 6.07 Å². The summed E-state index contributed by atoms with van der Waals surface area (Å²) < 4.78 is 5.15. The number of carbonyl (C=O) groups is 1. The second kappa shape index (κ2) is 12.3. The van der Waals surface area contributed by atoms with Crippen molar-refractivity contribution in [1.29, 1.82) is 0 Å². The Labute approximate surface area is 176 Å². The molecule has 3 N–H and O–H groups in total. The van der Waals surface area contributed by atoms with E-state index in [0.29, 0.717) is 31.2 Å². The monoisotopic (exact) mass is 493 g/mol. The minimum atomic E-state index is -0.543. The van der Waals surface area contributed by atoms with E-state index in [0.717, 1.165) is 0 Å². The van der Waals surface area contributed by atoms with Crippen molar-refractivity contribution >= 4 is 41.7 Å². The predicted molar refractivity (Wildman–Crippen MR) is 116 cm³/mol. The zero-order valence-electron chi connectivity index (χ0n) is 16.1. The Morgan fingerprint density at radius 3 is 2.41 bits per heavy atom. The first-order valence-corrected chi connectivity index (χ1v) is 8.44. The number of nitro benzene ring substituents is 1. The van der Waals surface area contributed by atoms with Gasteiger partial charge in [0.15, 0.2) is 5.96 Å². The van der Waals surface area contributed by atoms with E-state index in [1.807, 2.05) is 6.92 Å². The van der Waals surface area contributed by atoms with Crippen LogP contribution < -0.4 is 16.0 Å². The van der Waals surface area contributed by atoms with Crippen LogP contribution in [0.4, 0.5) is 10.5 Å². The maximum absolute atomic E-state index is 11.6. The molecular weight excluding hydrogens is 465 g/mol. The molecule has 0 saturated carbocycles. The maximum atomic E-state index is 11.6. The maximum Gasteiger partial charge on any atom is 0.407 e. The number of ether oxygens (including phenoxy) is 1. The first kappa shape index (κ1) is 24.9. The number of alkyl carbamates (subject to hydrolysis) is 1. The molecule has 0 aromatic heterocycles. The normalized spacial score (nSPS) is 11.2. The van der Waals surface area contributed by atoms with E-state index in [9.17, 15) is 14.9 Å². The number of nitrogens with zero attached hydrogens (tertiary/aromatic N) is 2. The molecule has 10 heteroatoms. The molecule has 9 nitrogen and oxygen atoms in total. The lowest BCUT2D eigenvalue weighted by atomic mass is 10.2. The number of nitrogens with one attached hydrogen (secondary N) is 3. The molecule has 152 valence electrons. The number of hydrogen-bond donors (Lipinski definition) is 3. The molecule has 1 amide bonds. The molecule has 0 unspecified atom stereocenters. The number of amides is 1. The van der Waals surface area contributed by atoms with Gasteiger partial charge in [0.2, 0.25) is 0 Å². The summed E-state index contributed by atoms with van der Waals surface area (Å²) in [7, 11) is 0. The van der Waals surface area contributed by atoms with Crippen molar-refractivity contribution in [3.63, 3.8) is 0 Å². The number of benzene rings is 1. The predicted octanol–water partition coefficient (Wildman–Crippen LogP) is 2.79. The third-order valence-corrected chi connectivity index (χ3v) is 3.03. The van der Waals surface area contributed by atoms with Crippen molar-refractivity contribution < 1.29 is 14.5 Å². The highest BCUT2D eigenvalue weighted by atomic mass is 127. The molecule has 1 rings (SSSR count). The lowest BCUT2D eigenvalue weighted by molar-refractivity contribution is -0.385. The first-order chi connectivity index (χ1) is 12.2. The molecule has 0 aliphatic rings. The average molecular weight is 493 g/mol. The van der Waals surface area contributed by atoms with Gasteiger partial charge in [0.1, 0.15) is 5.60 Å². The van der Waals surface area contributed by atoms with Crippen LogP contribution in [0.1, 0.15) is 33.3 Å². The molecule has 0 fully saturated rings. The van der Waals surface area contributed by atoms with Crippen LogP contribution in [0, 0.1) is 10.1 Å². The van der Waals surface area contributed by atoms with Crippen molar-refractivity contribution in [3.05, 3.63) is 39.9 Å². The summed E-state index contributed by atoms with van der Waals surface area (Å²) in [5.41, 5.74) is 0.0263. The van der Waals surface area contributed by atoms with Crippen LogP contribution in [-0.4, -0.2) is 42.2 Å². The van der Waals surface area contributed by atoms with Gasteiger partial charge in [-0.15, -0.1) is 24.0 Å². The molecule has 0 atom stereocenters. The van der Waals surface area contributed by atoms with Crippen LogP contribution in [0.5, 0.6) is 0 Å². The molecule has 0 radical (unpaired) electrons. The molecule has 0 saturated heterocycles. The Morgan fingerprint density at radius 1 is 1.19 bits per heavy atom. The van der Waals surface area contributed by atoms with Crippen molar-refractivity contribution in [1.82, 2.24) is 16.0 Å². The highest BCUT2D eigenvalue weighted by Gasteiger charge is 2.15. The molecule has 0 aliphatic heterocycles. The number of aliphatic imine (C=N–C) groups is 1. The number of halogens is 1. The van der Waals surface area contributed by atoms with E-state index in [1.54, 1.807) is 39.0 Å². The van der Waals surface area contributed by atoms with Crippen LogP contribution in [-0.2, 0) is 11.3 Å². The fourth-order valence-corrected chi connectivity index (χ4v) is 1.99. The van der Waals surface area contributed by atoms with Crippen molar-refractivity contribution in [2.45, 2.75) is 39.8 Å². The van der Waals surface area contributed by atoms with Crippen LogP contribution in [0.2, 0.25) is 0 Å². The van der Waals surface area contributed by atoms with Gasteiger partial charge in [0.05, 0.1) is 17.0 Å². The van der Waals surface area contributed by atoms with E-state index in [-0.39, 0.29) is 36.2 Å². The molecule has 1 aromatic rings. The van der Waals surface area contributed by atoms with Crippen LogP contribution in [0.15, 0.2) is 29.3 Å². The van der Waals surface area contributed by atoms with Gasteiger partial charge in [0.25, 0.3) is 5.69 Å². The molecule has 0 aliphatic carbocycles. The van der Waals surface area contributed by atoms with Gasteiger partial charge in [-0.05, 0) is 27.7 Å². The lowest BCUT2D eigenvalue weighted by Crippen LogP contribution is -2.42. The summed E-state index contributed by atoms with van der Waals surface area (Å²) in [6.07, 6.45) is -0.485. The smallest absolute Gasteiger partial charge is 0.407 e. The van der Waals surface area contributed by atoms with E-state index >= 15 is 0 Å². The molecule has 1 aromatic carbocycles. The summed E-state index contributed by atoms with van der Waals surface area (Å²) in [5.74, 6) is 0.511. The quantitative estimate of drug-likeness (QED) is 0.134. The summed E-state index contributed by atoms with van der Waals surface area (Å²) in [6, 6.07) is 6.49. The van der Waals surface area contributed by atoms with Gasteiger partial charge in [-0.3, -0.25) is 10.1 Å². The Bertz CT molecular complexity index is 646. The number of para-hydroxylation sites is 1. The van der Waals surface area contributed by atoms with Crippen molar-refractivity contribution in [3.8, 4) is 0 Å². The lowest BCUT2D eigenvalue weighted by Gasteiger charge is -2.19. The zero-order valence-corrected chi connectivity index (χ0v) is 18.4. The zero-order chi connectivity index (χ0) is 19.6. The topological polar surface area (TPSA) is 118 Å². The fourth-order valence-electron chi connectivity index (χ4n) is 1.99. The molecule has 27 heavy (non-hydrogen) atoms. The third-order valence-electron chi connectivity index (χ3n) is 3.03. The van der Waals surface area contributed by atoms with Gasteiger partial charge in [-0.25, -0.2) is 9.79 Å². The second-order valence-corrected chi connectivity index (χ2v) is 6.44. The number of hydrogen-bond acceptors (Lipinski definition) is 5. The minimum absolute atomic E-state index is 0. The Kier molecular flexibility index (Phi) is 11.3. The number of guanidine groups is 1. The van der Waals surface area contributed by atoms with Gasteiger partial charge in [-0.2, -0.15) is 0 Å². The number of nitro groups is 1. The SMILES string of the molecule is CCNC(=NCc1ccccc1[N+](=O)[O-])NCCNC(=O)OC(C)(C)C.I. The minimum Gasteiger partial charge on any atom is -0.444 e. The first-order valence-electron chi connectivity index (χ1n) is 8.44. The van der Waals surface area contributed by atoms with Crippen LogP contribution >= 0.6 is 24.0 Å². The summed E-state index contributed by atoms with van der Waals surface area (Å²) >= 11 is 0. The van der Waals surface area contributed by atoms with Crippen LogP contribution in [0.25, 0.3) is 0 Å². The van der Waals surface area contributed by atoms with Gasteiger partial charge in [-0.1, -0.05) is 18.2 Å². The largest absolute Gasteiger partial charge is 0.444 e. The molecular formula is C17H28IN5O4. The van der Waals surface area contributed by atoms with Crippen LogP contribution in [0.3, 0.4) is 0 Å². The second-order valence-electron chi connectivity index (χ2n) is 6.44. The summed E-state index contributed by atoms with van der Waals surface area (Å²) in [5, 5.41) is 19.8. The highest BCUT2D eigenvalue weighted by Crippen LogP contribution is 2.18. The van der Waals surface area contributed by atoms with E-state index in [2.05, 4.69) is 20.9 Å². The summed E-state index contributed by atoms with van der Waals surface area (Å²) in [6.45, 7) is 8.90. The highest BCUT2D eigenvalue weighted by molar-refractivity contribution is 14.0. The Hall–Kier alpha value is -2.11.